The Labute approximate surface area is 171 Å². The van der Waals surface area contributed by atoms with E-state index in [9.17, 15) is 4.39 Å². The molecule has 132 valence electrons. The molecule has 3 nitrogen and oxygen atoms in total. The highest BCUT2D eigenvalue weighted by atomic mass is 127. The van der Waals surface area contributed by atoms with Crippen molar-refractivity contribution in [3.8, 4) is 0 Å². The molecule has 0 amide bonds. The van der Waals surface area contributed by atoms with Gasteiger partial charge in [-0.1, -0.05) is 18.2 Å². The second kappa shape index (κ2) is 7.36. The standard InChI is InChI=1S/C20H17FIN3S/c21-17-5-2-1-4-16(17)19-18-6-3-11-24(18)12-13-25(19)20(26)23-15-9-7-14(22)8-10-15/h1-11,19H,12-13H2,(H,23,26). The average Bonchev–Trinajstić information content (AvgIpc) is 3.12. The Hall–Kier alpha value is -1.93. The molecule has 2 heterocycles. The van der Waals surface area contributed by atoms with Crippen LogP contribution in [0.25, 0.3) is 0 Å². The predicted octanol–water partition coefficient (Wildman–Crippen LogP) is 5.03. The number of benzene rings is 2. The number of fused-ring (bicyclic) bond motifs is 1. The van der Waals surface area contributed by atoms with Gasteiger partial charge in [0, 0.05) is 39.8 Å². The van der Waals surface area contributed by atoms with Gasteiger partial charge in [0.05, 0.1) is 6.04 Å². The van der Waals surface area contributed by atoms with Gasteiger partial charge in [-0.15, -0.1) is 0 Å². The van der Waals surface area contributed by atoms with E-state index in [1.807, 2.05) is 54.7 Å². The molecule has 2 aromatic carbocycles. The van der Waals surface area contributed by atoms with E-state index >= 15 is 0 Å². The normalized spacial score (nSPS) is 16.2. The van der Waals surface area contributed by atoms with E-state index in [4.69, 9.17) is 12.2 Å². The van der Waals surface area contributed by atoms with Crippen LogP contribution in [-0.2, 0) is 6.54 Å². The summed E-state index contributed by atoms with van der Waals surface area (Å²) in [7, 11) is 0. The van der Waals surface area contributed by atoms with E-state index in [2.05, 4.69) is 37.4 Å². The molecule has 0 spiro atoms. The quantitative estimate of drug-likeness (QED) is 0.413. The fourth-order valence-corrected chi connectivity index (χ4v) is 4.03. The van der Waals surface area contributed by atoms with Gasteiger partial charge >= 0.3 is 0 Å². The molecule has 3 aromatic rings. The Kier molecular flexibility index (Phi) is 4.95. The first-order valence-electron chi connectivity index (χ1n) is 8.36. The zero-order valence-electron chi connectivity index (χ0n) is 13.9. The topological polar surface area (TPSA) is 20.2 Å². The van der Waals surface area contributed by atoms with Crippen molar-refractivity contribution in [2.45, 2.75) is 12.6 Å². The molecule has 1 aromatic heterocycles. The van der Waals surface area contributed by atoms with E-state index in [0.717, 1.165) is 24.5 Å². The van der Waals surface area contributed by atoms with Crippen molar-refractivity contribution in [2.24, 2.45) is 0 Å². The van der Waals surface area contributed by atoms with Gasteiger partial charge in [0.15, 0.2) is 5.11 Å². The highest BCUT2D eigenvalue weighted by Gasteiger charge is 2.32. The molecule has 26 heavy (non-hydrogen) atoms. The van der Waals surface area contributed by atoms with Crippen molar-refractivity contribution in [2.75, 3.05) is 11.9 Å². The minimum absolute atomic E-state index is 0.214. The van der Waals surface area contributed by atoms with Crippen molar-refractivity contribution in [3.63, 3.8) is 0 Å². The first-order chi connectivity index (χ1) is 12.6. The Morgan fingerprint density at radius 3 is 2.58 bits per heavy atom. The zero-order valence-corrected chi connectivity index (χ0v) is 16.9. The summed E-state index contributed by atoms with van der Waals surface area (Å²) in [6, 6.07) is 18.8. The molecule has 0 bridgehead atoms. The molecule has 1 aliphatic heterocycles. The fraction of sp³-hybridized carbons (Fsp3) is 0.150. The lowest BCUT2D eigenvalue weighted by molar-refractivity contribution is 0.288. The Bertz CT molecular complexity index is 938. The molecular weight excluding hydrogens is 460 g/mol. The van der Waals surface area contributed by atoms with Crippen LogP contribution in [0.3, 0.4) is 0 Å². The zero-order chi connectivity index (χ0) is 18.1. The summed E-state index contributed by atoms with van der Waals surface area (Å²) in [5, 5.41) is 3.91. The molecular formula is C20H17FIN3S. The molecule has 0 aliphatic carbocycles. The number of thiocarbonyl (C=S) groups is 1. The number of rotatable bonds is 2. The lowest BCUT2D eigenvalue weighted by Gasteiger charge is -2.39. The molecule has 0 saturated carbocycles. The summed E-state index contributed by atoms with van der Waals surface area (Å²) >= 11 is 7.97. The third-order valence-electron chi connectivity index (χ3n) is 4.59. The lowest BCUT2D eigenvalue weighted by Crippen LogP contribution is -2.44. The van der Waals surface area contributed by atoms with Crippen LogP contribution in [-0.4, -0.2) is 21.1 Å². The molecule has 1 atom stereocenters. The SMILES string of the molecule is Fc1ccccc1C1c2cccn2CCN1C(=S)Nc1ccc(I)cc1. The van der Waals surface area contributed by atoms with Crippen LogP contribution in [0.5, 0.6) is 0 Å². The number of anilines is 1. The Morgan fingerprint density at radius 2 is 1.81 bits per heavy atom. The molecule has 0 radical (unpaired) electrons. The summed E-state index contributed by atoms with van der Waals surface area (Å²) in [4.78, 5) is 2.07. The van der Waals surface area contributed by atoms with Gasteiger partial charge in [-0.2, -0.15) is 0 Å². The molecule has 0 saturated heterocycles. The van der Waals surface area contributed by atoms with Gasteiger partial charge in [-0.3, -0.25) is 0 Å². The molecule has 0 fully saturated rings. The van der Waals surface area contributed by atoms with Crippen LogP contribution in [0, 0.1) is 9.39 Å². The van der Waals surface area contributed by atoms with Crippen LogP contribution in [0.2, 0.25) is 0 Å². The third-order valence-corrected chi connectivity index (χ3v) is 5.65. The van der Waals surface area contributed by atoms with Gasteiger partial charge in [-0.25, -0.2) is 4.39 Å². The van der Waals surface area contributed by atoms with Crippen molar-refractivity contribution in [3.05, 3.63) is 87.5 Å². The lowest BCUT2D eigenvalue weighted by atomic mass is 10.00. The van der Waals surface area contributed by atoms with E-state index in [-0.39, 0.29) is 11.9 Å². The molecule has 1 N–H and O–H groups in total. The van der Waals surface area contributed by atoms with Gasteiger partial charge < -0.3 is 14.8 Å². The first-order valence-corrected chi connectivity index (χ1v) is 9.85. The van der Waals surface area contributed by atoms with E-state index in [0.29, 0.717) is 10.7 Å². The van der Waals surface area contributed by atoms with Gasteiger partial charge in [0.2, 0.25) is 0 Å². The van der Waals surface area contributed by atoms with Gasteiger partial charge in [-0.05, 0) is 77.3 Å². The third kappa shape index (κ3) is 3.35. The summed E-state index contributed by atoms with van der Waals surface area (Å²) in [6.45, 7) is 1.54. The summed E-state index contributed by atoms with van der Waals surface area (Å²) in [6.07, 6.45) is 2.04. The maximum Gasteiger partial charge on any atom is 0.174 e. The van der Waals surface area contributed by atoms with E-state index < -0.39 is 0 Å². The minimum Gasteiger partial charge on any atom is -0.348 e. The van der Waals surface area contributed by atoms with Crippen molar-refractivity contribution >= 4 is 45.6 Å². The van der Waals surface area contributed by atoms with E-state index in [1.165, 1.54) is 9.64 Å². The second-order valence-corrected chi connectivity index (χ2v) is 7.81. The molecule has 4 rings (SSSR count). The molecule has 1 unspecified atom stereocenters. The maximum atomic E-state index is 14.6. The van der Waals surface area contributed by atoms with Crippen LogP contribution < -0.4 is 5.32 Å². The van der Waals surface area contributed by atoms with Crippen molar-refractivity contribution in [1.29, 1.82) is 0 Å². The van der Waals surface area contributed by atoms with Crippen molar-refractivity contribution in [1.82, 2.24) is 9.47 Å². The van der Waals surface area contributed by atoms with Crippen LogP contribution in [0.15, 0.2) is 66.9 Å². The summed E-state index contributed by atoms with van der Waals surface area (Å²) in [5.74, 6) is -0.214. The Morgan fingerprint density at radius 1 is 1.04 bits per heavy atom. The second-order valence-electron chi connectivity index (χ2n) is 6.18. The van der Waals surface area contributed by atoms with Crippen LogP contribution in [0.1, 0.15) is 17.3 Å². The van der Waals surface area contributed by atoms with Gasteiger partial charge in [0.1, 0.15) is 5.82 Å². The highest BCUT2D eigenvalue weighted by Crippen LogP contribution is 2.34. The van der Waals surface area contributed by atoms with Crippen LogP contribution in [0.4, 0.5) is 10.1 Å². The number of halogens is 2. The fourth-order valence-electron chi connectivity index (χ4n) is 3.35. The van der Waals surface area contributed by atoms with Crippen LogP contribution >= 0.6 is 34.8 Å². The number of hydrogen-bond acceptors (Lipinski definition) is 1. The van der Waals surface area contributed by atoms with Crippen molar-refractivity contribution < 1.29 is 4.39 Å². The number of nitrogens with zero attached hydrogens (tertiary/aromatic N) is 2. The summed E-state index contributed by atoms with van der Waals surface area (Å²) in [5.41, 5.74) is 2.62. The Balaban J connectivity index is 1.69. The number of nitrogens with one attached hydrogen (secondary N) is 1. The molecule has 6 heteroatoms. The number of hydrogen-bond donors (Lipinski definition) is 1. The van der Waals surface area contributed by atoms with E-state index in [1.54, 1.807) is 6.07 Å². The predicted molar refractivity (Wildman–Crippen MR) is 115 cm³/mol. The van der Waals surface area contributed by atoms with Gasteiger partial charge in [0.25, 0.3) is 0 Å². The number of aromatic nitrogens is 1. The first kappa shape index (κ1) is 17.5. The highest BCUT2D eigenvalue weighted by molar-refractivity contribution is 14.1. The monoisotopic (exact) mass is 477 g/mol. The summed E-state index contributed by atoms with van der Waals surface area (Å²) < 4.78 is 17.9. The minimum atomic E-state index is -0.246. The average molecular weight is 477 g/mol. The smallest absolute Gasteiger partial charge is 0.174 e. The maximum absolute atomic E-state index is 14.6. The molecule has 1 aliphatic rings. The largest absolute Gasteiger partial charge is 0.348 e.